The van der Waals surface area contributed by atoms with Crippen LogP contribution in [0.25, 0.3) is 0 Å². The van der Waals surface area contributed by atoms with Crippen LogP contribution in [0.3, 0.4) is 0 Å². The summed E-state index contributed by atoms with van der Waals surface area (Å²) in [7, 11) is 0. The Kier molecular flexibility index (Phi) is 6.76. The molecule has 5 heteroatoms. The lowest BCUT2D eigenvalue weighted by atomic mass is 9.78. The van der Waals surface area contributed by atoms with Crippen LogP contribution in [0, 0.1) is 23.7 Å². The van der Waals surface area contributed by atoms with Crippen molar-refractivity contribution in [2.45, 2.75) is 64.5 Å². The number of carbonyl (C=O) groups is 1. The van der Waals surface area contributed by atoms with Crippen molar-refractivity contribution < 1.29 is 4.79 Å². The SMILES string of the molecule is CC1CCCC(NC(=O)CN2CC3CCCC(N)C3C2)C1C.Cl. The molecule has 1 saturated heterocycles. The summed E-state index contributed by atoms with van der Waals surface area (Å²) in [5.41, 5.74) is 6.27. The molecule has 3 fully saturated rings. The Morgan fingerprint density at radius 2 is 1.87 bits per heavy atom. The number of fused-ring (bicyclic) bond motifs is 1. The van der Waals surface area contributed by atoms with Crippen molar-refractivity contribution in [1.82, 2.24) is 10.2 Å². The lowest BCUT2D eigenvalue weighted by Crippen LogP contribution is -2.47. The molecule has 3 N–H and O–H groups in total. The summed E-state index contributed by atoms with van der Waals surface area (Å²) < 4.78 is 0. The summed E-state index contributed by atoms with van der Waals surface area (Å²) in [5.74, 6) is 2.90. The quantitative estimate of drug-likeness (QED) is 0.827. The standard InChI is InChI=1S/C18H33N3O.ClH/c1-12-5-3-8-17(13(12)2)20-18(22)11-21-9-14-6-4-7-16(19)15(14)10-21;/h12-17H,3-11,19H2,1-2H3,(H,20,22);1H. The number of amides is 1. The van der Waals surface area contributed by atoms with E-state index in [-0.39, 0.29) is 18.3 Å². The number of hydrogen-bond donors (Lipinski definition) is 2. The predicted octanol–water partition coefficient (Wildman–Crippen LogP) is 2.41. The van der Waals surface area contributed by atoms with Crippen molar-refractivity contribution in [1.29, 1.82) is 0 Å². The highest BCUT2D eigenvalue weighted by molar-refractivity contribution is 5.85. The maximum atomic E-state index is 12.4. The van der Waals surface area contributed by atoms with Gasteiger partial charge in [-0.3, -0.25) is 9.69 Å². The van der Waals surface area contributed by atoms with Crippen molar-refractivity contribution in [3.63, 3.8) is 0 Å². The molecule has 0 bridgehead atoms. The Balaban J connectivity index is 0.00000192. The van der Waals surface area contributed by atoms with Crippen LogP contribution in [0.4, 0.5) is 0 Å². The molecule has 2 aliphatic carbocycles. The Hall–Kier alpha value is -0.320. The predicted molar refractivity (Wildman–Crippen MR) is 96.6 cm³/mol. The van der Waals surface area contributed by atoms with E-state index >= 15 is 0 Å². The minimum Gasteiger partial charge on any atom is -0.352 e. The van der Waals surface area contributed by atoms with Crippen LogP contribution in [-0.2, 0) is 4.79 Å². The minimum atomic E-state index is 0. The zero-order chi connectivity index (χ0) is 15.7. The maximum absolute atomic E-state index is 12.4. The molecule has 1 aliphatic heterocycles. The van der Waals surface area contributed by atoms with E-state index in [2.05, 4.69) is 24.1 Å². The summed E-state index contributed by atoms with van der Waals surface area (Å²) in [4.78, 5) is 14.8. The van der Waals surface area contributed by atoms with Gasteiger partial charge in [-0.1, -0.05) is 33.1 Å². The van der Waals surface area contributed by atoms with E-state index in [9.17, 15) is 4.79 Å². The Bertz CT molecular complexity index is 406. The number of nitrogens with zero attached hydrogens (tertiary/aromatic N) is 1. The zero-order valence-corrected chi connectivity index (χ0v) is 15.5. The van der Waals surface area contributed by atoms with Gasteiger partial charge in [0.05, 0.1) is 6.54 Å². The molecule has 1 amide bonds. The second kappa shape index (κ2) is 8.17. The third kappa shape index (κ3) is 4.40. The van der Waals surface area contributed by atoms with Crippen LogP contribution in [0.5, 0.6) is 0 Å². The van der Waals surface area contributed by atoms with Crippen molar-refractivity contribution in [2.75, 3.05) is 19.6 Å². The third-order valence-electron chi connectivity index (χ3n) is 6.65. The smallest absolute Gasteiger partial charge is 0.234 e. The fraction of sp³-hybridized carbons (Fsp3) is 0.944. The molecule has 0 aromatic carbocycles. The summed E-state index contributed by atoms with van der Waals surface area (Å²) in [6, 6.07) is 0.731. The van der Waals surface area contributed by atoms with Gasteiger partial charge in [0.25, 0.3) is 0 Å². The molecule has 0 spiro atoms. The van der Waals surface area contributed by atoms with Crippen molar-refractivity contribution in [2.24, 2.45) is 29.4 Å². The topological polar surface area (TPSA) is 58.4 Å². The summed E-state index contributed by atoms with van der Waals surface area (Å²) >= 11 is 0. The van der Waals surface area contributed by atoms with Gasteiger partial charge >= 0.3 is 0 Å². The number of nitrogens with two attached hydrogens (primary N) is 1. The normalized spacial score (nSPS) is 41.0. The van der Waals surface area contributed by atoms with E-state index in [1.54, 1.807) is 0 Å². The van der Waals surface area contributed by atoms with E-state index in [1.807, 2.05) is 0 Å². The molecule has 134 valence electrons. The Morgan fingerprint density at radius 3 is 2.61 bits per heavy atom. The molecule has 0 aromatic rings. The van der Waals surface area contributed by atoms with Crippen LogP contribution < -0.4 is 11.1 Å². The van der Waals surface area contributed by atoms with Crippen molar-refractivity contribution in [3.05, 3.63) is 0 Å². The van der Waals surface area contributed by atoms with E-state index in [1.165, 1.54) is 32.1 Å². The first-order valence-corrected chi connectivity index (χ1v) is 9.32. The number of rotatable bonds is 3. The third-order valence-corrected chi connectivity index (χ3v) is 6.65. The summed E-state index contributed by atoms with van der Waals surface area (Å²) in [6.45, 7) is 7.27. The van der Waals surface area contributed by atoms with Gasteiger partial charge in [0.2, 0.25) is 5.91 Å². The van der Waals surface area contributed by atoms with E-state index in [0.29, 0.717) is 30.5 Å². The molecule has 3 rings (SSSR count). The van der Waals surface area contributed by atoms with Gasteiger partial charge in [0.15, 0.2) is 0 Å². The summed E-state index contributed by atoms with van der Waals surface area (Å²) in [6.07, 6.45) is 7.43. The molecule has 6 atom stereocenters. The van der Waals surface area contributed by atoms with E-state index in [4.69, 9.17) is 5.73 Å². The van der Waals surface area contributed by atoms with Gasteiger partial charge in [0, 0.05) is 25.2 Å². The van der Waals surface area contributed by atoms with E-state index in [0.717, 1.165) is 31.3 Å². The lowest BCUT2D eigenvalue weighted by molar-refractivity contribution is -0.123. The number of hydrogen-bond acceptors (Lipinski definition) is 3. The molecule has 0 radical (unpaired) electrons. The zero-order valence-electron chi connectivity index (χ0n) is 14.7. The molecule has 0 aromatic heterocycles. The van der Waals surface area contributed by atoms with Crippen LogP contribution in [0.15, 0.2) is 0 Å². The largest absolute Gasteiger partial charge is 0.352 e. The van der Waals surface area contributed by atoms with Gasteiger partial charge in [-0.15, -0.1) is 12.4 Å². The van der Waals surface area contributed by atoms with E-state index < -0.39 is 0 Å². The average molecular weight is 344 g/mol. The van der Waals surface area contributed by atoms with Crippen LogP contribution in [0.2, 0.25) is 0 Å². The number of carbonyl (C=O) groups excluding carboxylic acids is 1. The van der Waals surface area contributed by atoms with Crippen molar-refractivity contribution >= 4 is 18.3 Å². The first kappa shape index (κ1) is 19.0. The molecule has 23 heavy (non-hydrogen) atoms. The summed E-state index contributed by atoms with van der Waals surface area (Å²) in [5, 5.41) is 3.31. The average Bonchev–Trinajstić information content (AvgIpc) is 2.88. The second-order valence-corrected chi connectivity index (χ2v) is 8.15. The molecule has 2 saturated carbocycles. The molecular weight excluding hydrogens is 310 g/mol. The Labute approximate surface area is 147 Å². The highest BCUT2D eigenvalue weighted by Crippen LogP contribution is 2.35. The fourth-order valence-corrected chi connectivity index (χ4v) is 4.98. The number of nitrogens with one attached hydrogen (secondary N) is 1. The molecule has 4 nitrogen and oxygen atoms in total. The van der Waals surface area contributed by atoms with Gasteiger partial charge in [-0.05, 0) is 42.9 Å². The van der Waals surface area contributed by atoms with Gasteiger partial charge in [-0.25, -0.2) is 0 Å². The van der Waals surface area contributed by atoms with Gasteiger partial charge in [0.1, 0.15) is 0 Å². The lowest BCUT2D eigenvalue weighted by Gasteiger charge is -2.35. The fourth-order valence-electron chi connectivity index (χ4n) is 4.98. The number of likely N-dealkylation sites (tertiary alicyclic amines) is 1. The number of halogens is 1. The highest BCUT2D eigenvalue weighted by Gasteiger charge is 2.39. The Morgan fingerprint density at radius 1 is 1.13 bits per heavy atom. The van der Waals surface area contributed by atoms with Crippen LogP contribution in [-0.4, -0.2) is 42.5 Å². The molecular formula is C18H34ClN3O. The van der Waals surface area contributed by atoms with Crippen LogP contribution in [0.1, 0.15) is 52.4 Å². The van der Waals surface area contributed by atoms with Gasteiger partial charge < -0.3 is 11.1 Å². The second-order valence-electron chi connectivity index (χ2n) is 8.15. The van der Waals surface area contributed by atoms with Crippen molar-refractivity contribution in [3.8, 4) is 0 Å². The monoisotopic (exact) mass is 343 g/mol. The first-order chi connectivity index (χ1) is 10.5. The maximum Gasteiger partial charge on any atom is 0.234 e. The van der Waals surface area contributed by atoms with Crippen LogP contribution >= 0.6 is 12.4 Å². The van der Waals surface area contributed by atoms with Gasteiger partial charge in [-0.2, -0.15) is 0 Å². The molecule has 3 aliphatic rings. The minimum absolute atomic E-state index is 0. The molecule has 1 heterocycles. The molecule has 6 unspecified atom stereocenters. The first-order valence-electron chi connectivity index (χ1n) is 9.32. The highest BCUT2D eigenvalue weighted by atomic mass is 35.5.